The molecular formula is C17H15N3O6. The van der Waals surface area contributed by atoms with Crippen LogP contribution >= 0.6 is 0 Å². The lowest BCUT2D eigenvalue weighted by Crippen LogP contribution is -2.16. The van der Waals surface area contributed by atoms with Crippen molar-refractivity contribution < 1.29 is 28.6 Å². The van der Waals surface area contributed by atoms with Gasteiger partial charge in [-0.15, -0.1) is 0 Å². The Kier molecular flexibility index (Phi) is 6.34. The normalized spacial score (nSPS) is 10.3. The minimum atomic E-state index is -1.15. The molecule has 0 aliphatic carbocycles. The first-order chi connectivity index (χ1) is 12.5. The van der Waals surface area contributed by atoms with E-state index < -0.39 is 11.9 Å². The van der Waals surface area contributed by atoms with Crippen LogP contribution in [0.5, 0.6) is 11.5 Å². The Bertz CT molecular complexity index is 866. The summed E-state index contributed by atoms with van der Waals surface area (Å²) in [7, 11) is 1.47. The number of hydrogen-bond acceptors (Lipinski definition) is 7. The van der Waals surface area contributed by atoms with Gasteiger partial charge >= 0.3 is 5.97 Å². The molecule has 1 amide bonds. The molecule has 2 N–H and O–H groups in total. The van der Waals surface area contributed by atoms with E-state index in [0.29, 0.717) is 22.8 Å². The maximum atomic E-state index is 11.1. The van der Waals surface area contributed by atoms with Crippen LogP contribution in [0.15, 0.2) is 39.9 Å². The van der Waals surface area contributed by atoms with Crippen molar-refractivity contribution in [3.05, 3.63) is 47.4 Å². The fraction of sp³-hybridized carbons (Fsp3) is 0.176. The summed E-state index contributed by atoms with van der Waals surface area (Å²) >= 11 is 0. The number of aromatic carboxylic acids is 1. The molecule has 1 aromatic heterocycles. The number of carboxylic acid groups (broad SMARTS) is 1. The van der Waals surface area contributed by atoms with Gasteiger partial charge in [0.1, 0.15) is 18.8 Å². The molecule has 0 aliphatic heterocycles. The predicted octanol–water partition coefficient (Wildman–Crippen LogP) is 1.93. The first-order valence-corrected chi connectivity index (χ1v) is 7.35. The number of amides is 1. The molecule has 0 saturated heterocycles. The number of ether oxygens (including phenoxy) is 2. The third kappa shape index (κ3) is 5.10. The van der Waals surface area contributed by atoms with Crippen LogP contribution in [0.2, 0.25) is 0 Å². The molecule has 0 aliphatic rings. The molecule has 0 radical (unpaired) electrons. The molecule has 1 aromatic carbocycles. The van der Waals surface area contributed by atoms with Gasteiger partial charge in [-0.3, -0.25) is 4.79 Å². The minimum Gasteiger partial charge on any atom is -0.493 e. The quantitative estimate of drug-likeness (QED) is 0.544. The molecular weight excluding hydrogens is 342 g/mol. The van der Waals surface area contributed by atoms with Gasteiger partial charge in [0, 0.05) is 0 Å². The zero-order valence-electron chi connectivity index (χ0n) is 13.8. The highest BCUT2D eigenvalue weighted by Gasteiger charge is 2.11. The number of carboxylic acids is 1. The van der Waals surface area contributed by atoms with Gasteiger partial charge in [-0.2, -0.15) is 10.4 Å². The van der Waals surface area contributed by atoms with E-state index in [9.17, 15) is 9.59 Å². The van der Waals surface area contributed by atoms with Crippen LogP contribution in [0, 0.1) is 11.3 Å². The highest BCUT2D eigenvalue weighted by Crippen LogP contribution is 2.28. The van der Waals surface area contributed by atoms with Gasteiger partial charge in [0.25, 0.3) is 5.91 Å². The maximum Gasteiger partial charge on any atom is 0.371 e. The number of carbonyl (C=O) groups is 2. The van der Waals surface area contributed by atoms with Gasteiger partial charge in [0.2, 0.25) is 5.76 Å². The Morgan fingerprint density at radius 3 is 2.81 bits per heavy atom. The van der Waals surface area contributed by atoms with E-state index in [1.165, 1.54) is 25.5 Å². The van der Waals surface area contributed by atoms with Crippen LogP contribution in [-0.4, -0.2) is 30.3 Å². The SMILES string of the molecule is COc1cc(C=NNC(=O)CC#N)ccc1OCc1ccc(C(=O)O)o1. The molecule has 0 unspecified atom stereocenters. The molecule has 134 valence electrons. The molecule has 9 heteroatoms. The first kappa shape index (κ1) is 18.5. The third-order valence-electron chi connectivity index (χ3n) is 3.07. The highest BCUT2D eigenvalue weighted by atomic mass is 16.5. The van der Waals surface area contributed by atoms with Crippen molar-refractivity contribution in [2.45, 2.75) is 13.0 Å². The Labute approximate surface area is 148 Å². The number of carbonyl (C=O) groups excluding carboxylic acids is 1. The molecule has 2 rings (SSSR count). The summed E-state index contributed by atoms with van der Waals surface area (Å²) in [6.07, 6.45) is 1.12. The van der Waals surface area contributed by atoms with Gasteiger partial charge < -0.3 is 19.0 Å². The number of nitrogens with zero attached hydrogens (tertiary/aromatic N) is 2. The monoisotopic (exact) mass is 357 g/mol. The largest absolute Gasteiger partial charge is 0.493 e. The number of benzene rings is 1. The number of furan rings is 1. The summed E-state index contributed by atoms with van der Waals surface area (Å²) in [5, 5.41) is 20.9. The van der Waals surface area contributed by atoms with E-state index in [1.807, 2.05) is 0 Å². The fourth-order valence-corrected chi connectivity index (χ4v) is 1.89. The van der Waals surface area contributed by atoms with Gasteiger partial charge in [-0.25, -0.2) is 10.2 Å². The van der Waals surface area contributed by atoms with Gasteiger partial charge in [0.15, 0.2) is 11.5 Å². The van der Waals surface area contributed by atoms with Crippen LogP contribution in [0.25, 0.3) is 0 Å². The smallest absolute Gasteiger partial charge is 0.371 e. The summed E-state index contributed by atoms with van der Waals surface area (Å²) in [5.41, 5.74) is 2.85. The Morgan fingerprint density at radius 1 is 1.35 bits per heavy atom. The average molecular weight is 357 g/mol. The third-order valence-corrected chi connectivity index (χ3v) is 3.07. The molecule has 0 spiro atoms. The second-order valence-corrected chi connectivity index (χ2v) is 4.90. The molecule has 26 heavy (non-hydrogen) atoms. The Balaban J connectivity index is 2.01. The number of nitrogens with one attached hydrogen (secondary N) is 1. The molecule has 1 heterocycles. The predicted molar refractivity (Wildman–Crippen MR) is 89.0 cm³/mol. The second-order valence-electron chi connectivity index (χ2n) is 4.90. The lowest BCUT2D eigenvalue weighted by molar-refractivity contribution is -0.120. The van der Waals surface area contributed by atoms with E-state index in [-0.39, 0.29) is 18.8 Å². The molecule has 0 atom stereocenters. The summed E-state index contributed by atoms with van der Waals surface area (Å²) in [6, 6.07) is 9.53. The van der Waals surface area contributed by atoms with Gasteiger partial charge in [-0.1, -0.05) is 0 Å². The first-order valence-electron chi connectivity index (χ1n) is 7.35. The van der Waals surface area contributed by atoms with E-state index in [4.69, 9.17) is 24.3 Å². The Hall–Kier alpha value is -3.80. The fourth-order valence-electron chi connectivity index (χ4n) is 1.89. The van der Waals surface area contributed by atoms with Gasteiger partial charge in [-0.05, 0) is 35.9 Å². The summed E-state index contributed by atoms with van der Waals surface area (Å²) < 4.78 is 15.9. The summed E-state index contributed by atoms with van der Waals surface area (Å²) in [4.78, 5) is 21.9. The van der Waals surface area contributed by atoms with Crippen molar-refractivity contribution in [2.75, 3.05) is 7.11 Å². The molecule has 0 fully saturated rings. The number of hydrazone groups is 1. The van der Waals surface area contributed by atoms with Gasteiger partial charge in [0.05, 0.1) is 19.4 Å². The Morgan fingerprint density at radius 2 is 2.15 bits per heavy atom. The van der Waals surface area contributed by atoms with Crippen molar-refractivity contribution in [1.82, 2.24) is 5.43 Å². The van der Waals surface area contributed by atoms with Crippen molar-refractivity contribution in [3.8, 4) is 17.6 Å². The topological polar surface area (TPSA) is 134 Å². The van der Waals surface area contributed by atoms with E-state index in [2.05, 4.69) is 10.5 Å². The molecule has 0 bridgehead atoms. The molecule has 0 saturated carbocycles. The van der Waals surface area contributed by atoms with Crippen molar-refractivity contribution in [2.24, 2.45) is 5.10 Å². The lowest BCUT2D eigenvalue weighted by Gasteiger charge is -2.10. The number of rotatable bonds is 8. The number of nitriles is 1. The van der Waals surface area contributed by atoms with Crippen LogP contribution in [0.3, 0.4) is 0 Å². The highest BCUT2D eigenvalue weighted by molar-refractivity contribution is 5.84. The van der Waals surface area contributed by atoms with E-state index in [0.717, 1.165) is 0 Å². The van der Waals surface area contributed by atoms with E-state index >= 15 is 0 Å². The summed E-state index contributed by atoms with van der Waals surface area (Å²) in [5.74, 6) is -0.626. The van der Waals surface area contributed by atoms with Crippen LogP contribution in [-0.2, 0) is 11.4 Å². The van der Waals surface area contributed by atoms with Crippen LogP contribution in [0.4, 0.5) is 0 Å². The zero-order chi connectivity index (χ0) is 18.9. The van der Waals surface area contributed by atoms with Crippen LogP contribution < -0.4 is 14.9 Å². The second kappa shape index (κ2) is 8.89. The number of hydrogen-bond donors (Lipinski definition) is 2. The average Bonchev–Trinajstić information content (AvgIpc) is 3.10. The van der Waals surface area contributed by atoms with E-state index in [1.54, 1.807) is 24.3 Å². The standard InChI is InChI=1S/C17H15N3O6/c1-24-15-8-11(9-19-20-16(21)6-7-18)2-4-13(15)25-10-12-3-5-14(26-12)17(22)23/h2-5,8-9H,6,10H2,1H3,(H,20,21)(H,22,23). The minimum absolute atomic E-state index is 0.0291. The summed E-state index contributed by atoms with van der Waals surface area (Å²) in [6.45, 7) is 0.0291. The zero-order valence-corrected chi connectivity index (χ0v) is 13.8. The number of methoxy groups -OCH3 is 1. The van der Waals surface area contributed by atoms with Crippen LogP contribution in [0.1, 0.15) is 28.3 Å². The molecule has 2 aromatic rings. The van der Waals surface area contributed by atoms with Crippen molar-refractivity contribution in [3.63, 3.8) is 0 Å². The molecule has 9 nitrogen and oxygen atoms in total. The van der Waals surface area contributed by atoms with Crippen molar-refractivity contribution >= 4 is 18.1 Å². The maximum absolute atomic E-state index is 11.1. The van der Waals surface area contributed by atoms with Crippen molar-refractivity contribution in [1.29, 1.82) is 5.26 Å². The lowest BCUT2D eigenvalue weighted by atomic mass is 10.2.